The summed E-state index contributed by atoms with van der Waals surface area (Å²) in [6.45, 7) is 2.48. The maximum Gasteiger partial charge on any atom is 0.0662 e. The highest BCUT2D eigenvalue weighted by molar-refractivity contribution is 6.09. The number of benzene rings is 3. The van der Waals surface area contributed by atoms with Crippen molar-refractivity contribution in [2.24, 2.45) is 0 Å². The van der Waals surface area contributed by atoms with Crippen LogP contribution in [-0.4, -0.2) is 19.8 Å². The Labute approximate surface area is 130 Å². The summed E-state index contributed by atoms with van der Waals surface area (Å²) in [5.74, 6) is 0. The zero-order chi connectivity index (χ0) is 13.4. The van der Waals surface area contributed by atoms with Crippen molar-refractivity contribution in [3.05, 3.63) is 60.2 Å². The van der Waals surface area contributed by atoms with Crippen molar-refractivity contribution in [3.8, 4) is 0 Å². The van der Waals surface area contributed by atoms with E-state index >= 15 is 0 Å². The average molecular weight is 300 g/mol. The Balaban J connectivity index is 0.00000132. The number of ether oxygens (including phenoxy) is 1. The molecule has 108 valence electrons. The maximum absolute atomic E-state index is 5.63. The summed E-state index contributed by atoms with van der Waals surface area (Å²) in [6, 6.07) is 19.9. The lowest BCUT2D eigenvalue weighted by Gasteiger charge is -2.26. The van der Waals surface area contributed by atoms with Gasteiger partial charge in [0, 0.05) is 6.54 Å². The molecule has 1 heterocycles. The zero-order valence-electron chi connectivity index (χ0n) is 11.7. The van der Waals surface area contributed by atoms with E-state index in [0.717, 1.165) is 19.8 Å². The van der Waals surface area contributed by atoms with Crippen LogP contribution in [0.1, 0.15) is 11.6 Å². The van der Waals surface area contributed by atoms with Crippen LogP contribution >= 0.6 is 12.4 Å². The molecule has 1 N–H and O–H groups in total. The molecule has 0 bridgehead atoms. The van der Waals surface area contributed by atoms with Crippen molar-refractivity contribution >= 4 is 34.0 Å². The van der Waals surface area contributed by atoms with Gasteiger partial charge in [-0.05, 0) is 33.2 Å². The van der Waals surface area contributed by atoms with E-state index in [1.54, 1.807) is 0 Å². The van der Waals surface area contributed by atoms with E-state index in [2.05, 4.69) is 59.9 Å². The van der Waals surface area contributed by atoms with E-state index in [1.807, 2.05) is 0 Å². The second kappa shape index (κ2) is 6.02. The largest absolute Gasteiger partial charge is 0.378 e. The molecule has 0 radical (unpaired) electrons. The molecule has 2 nitrogen and oxygen atoms in total. The van der Waals surface area contributed by atoms with E-state index in [-0.39, 0.29) is 12.4 Å². The lowest BCUT2D eigenvalue weighted by atomic mass is 9.93. The zero-order valence-corrected chi connectivity index (χ0v) is 12.5. The molecule has 21 heavy (non-hydrogen) atoms. The third-order valence-corrected chi connectivity index (χ3v) is 4.10. The highest BCUT2D eigenvalue weighted by Crippen LogP contribution is 2.32. The van der Waals surface area contributed by atoms with E-state index in [1.165, 1.54) is 27.1 Å². The molecule has 1 aliphatic rings. The van der Waals surface area contributed by atoms with Crippen molar-refractivity contribution in [1.29, 1.82) is 0 Å². The van der Waals surface area contributed by atoms with Crippen LogP contribution in [0.2, 0.25) is 0 Å². The first kappa shape index (κ1) is 14.3. The Kier molecular flexibility index (Phi) is 4.11. The lowest BCUT2D eigenvalue weighted by molar-refractivity contribution is 0.0773. The quantitative estimate of drug-likeness (QED) is 0.684. The summed E-state index contributed by atoms with van der Waals surface area (Å²) in [6.07, 6.45) is 0. The van der Waals surface area contributed by atoms with Crippen molar-refractivity contribution in [3.63, 3.8) is 0 Å². The van der Waals surface area contributed by atoms with E-state index in [4.69, 9.17) is 4.74 Å². The third-order valence-electron chi connectivity index (χ3n) is 4.10. The Morgan fingerprint density at radius 3 is 2.38 bits per heavy atom. The Bertz CT molecular complexity index is 765. The summed E-state index contributed by atoms with van der Waals surface area (Å²) in [7, 11) is 0. The van der Waals surface area contributed by atoms with Crippen LogP contribution in [0.4, 0.5) is 0 Å². The fourth-order valence-electron chi connectivity index (χ4n) is 3.14. The van der Waals surface area contributed by atoms with Crippen molar-refractivity contribution in [1.82, 2.24) is 5.32 Å². The second-order valence-corrected chi connectivity index (χ2v) is 5.31. The van der Waals surface area contributed by atoms with Gasteiger partial charge in [0.25, 0.3) is 0 Å². The molecule has 1 saturated heterocycles. The van der Waals surface area contributed by atoms with Gasteiger partial charge in [-0.15, -0.1) is 12.4 Å². The van der Waals surface area contributed by atoms with Crippen molar-refractivity contribution in [2.75, 3.05) is 19.8 Å². The van der Waals surface area contributed by atoms with E-state index in [9.17, 15) is 0 Å². The molecule has 0 saturated carbocycles. The number of hydrogen-bond donors (Lipinski definition) is 1. The van der Waals surface area contributed by atoms with Crippen LogP contribution in [-0.2, 0) is 4.74 Å². The topological polar surface area (TPSA) is 21.3 Å². The number of rotatable bonds is 1. The SMILES string of the molecule is Cl.c1ccc2c(c1)cc([C@@H]1COCCN1)c1ccccc12. The summed E-state index contributed by atoms with van der Waals surface area (Å²) in [5.41, 5.74) is 1.35. The van der Waals surface area contributed by atoms with Crippen molar-refractivity contribution in [2.45, 2.75) is 6.04 Å². The minimum Gasteiger partial charge on any atom is -0.378 e. The van der Waals surface area contributed by atoms with Gasteiger partial charge >= 0.3 is 0 Å². The molecule has 3 aromatic rings. The molecule has 0 amide bonds. The number of fused-ring (bicyclic) bond motifs is 3. The van der Waals surface area contributed by atoms with Gasteiger partial charge in [-0.3, -0.25) is 0 Å². The number of halogens is 1. The van der Waals surface area contributed by atoms with Crippen LogP contribution in [0.15, 0.2) is 54.6 Å². The van der Waals surface area contributed by atoms with E-state index < -0.39 is 0 Å². The minimum absolute atomic E-state index is 0. The molecule has 3 heteroatoms. The molecule has 1 fully saturated rings. The van der Waals surface area contributed by atoms with Crippen LogP contribution in [0.25, 0.3) is 21.5 Å². The normalized spacial score (nSPS) is 18.6. The Hall–Kier alpha value is -1.61. The molecule has 0 aliphatic carbocycles. The van der Waals surface area contributed by atoms with Crippen LogP contribution in [0.5, 0.6) is 0 Å². The molecule has 0 aromatic heterocycles. The average Bonchev–Trinajstić information content (AvgIpc) is 2.55. The number of hydrogen-bond acceptors (Lipinski definition) is 2. The predicted octanol–water partition coefficient (Wildman–Crippen LogP) is 4.08. The molecule has 1 aliphatic heterocycles. The standard InChI is InChI=1S/C18H17NO.ClH/c1-2-6-14-13(5-1)11-17(18-12-20-10-9-19-18)16-8-4-3-7-15(14)16;/h1-8,11,18-19H,9-10,12H2;1H/t18-;/m0./s1. The fraction of sp³-hybridized carbons (Fsp3) is 0.222. The first-order valence-corrected chi connectivity index (χ1v) is 7.15. The molecule has 0 spiro atoms. The third kappa shape index (κ3) is 2.51. The first-order valence-electron chi connectivity index (χ1n) is 7.15. The molecule has 3 aromatic carbocycles. The monoisotopic (exact) mass is 299 g/mol. The molecular formula is C18H18ClNO. The molecule has 1 atom stereocenters. The highest BCUT2D eigenvalue weighted by Gasteiger charge is 2.18. The summed E-state index contributed by atoms with van der Waals surface area (Å²) < 4.78 is 5.63. The summed E-state index contributed by atoms with van der Waals surface area (Å²) in [5, 5.41) is 8.84. The summed E-state index contributed by atoms with van der Waals surface area (Å²) in [4.78, 5) is 0. The number of nitrogens with one attached hydrogen (secondary N) is 1. The van der Waals surface area contributed by atoms with Crippen molar-refractivity contribution < 1.29 is 4.74 Å². The van der Waals surface area contributed by atoms with E-state index in [0.29, 0.717) is 6.04 Å². The minimum atomic E-state index is 0. The van der Waals surface area contributed by atoms with Gasteiger partial charge in [0.2, 0.25) is 0 Å². The molecule has 4 rings (SSSR count). The van der Waals surface area contributed by atoms with Gasteiger partial charge in [-0.1, -0.05) is 48.5 Å². The van der Waals surface area contributed by atoms with Crippen LogP contribution < -0.4 is 5.32 Å². The first-order chi connectivity index (χ1) is 9.93. The number of morpholine rings is 1. The van der Waals surface area contributed by atoms with Gasteiger partial charge < -0.3 is 10.1 Å². The van der Waals surface area contributed by atoms with Gasteiger partial charge in [-0.25, -0.2) is 0 Å². The second-order valence-electron chi connectivity index (χ2n) is 5.31. The van der Waals surface area contributed by atoms with Gasteiger partial charge in [0.1, 0.15) is 0 Å². The molecular weight excluding hydrogens is 282 g/mol. The fourth-order valence-corrected chi connectivity index (χ4v) is 3.14. The highest BCUT2D eigenvalue weighted by atomic mass is 35.5. The van der Waals surface area contributed by atoms with Gasteiger partial charge in [0.15, 0.2) is 0 Å². The Morgan fingerprint density at radius 1 is 0.905 bits per heavy atom. The van der Waals surface area contributed by atoms with Crippen LogP contribution in [0.3, 0.4) is 0 Å². The summed E-state index contributed by atoms with van der Waals surface area (Å²) >= 11 is 0. The van der Waals surface area contributed by atoms with Gasteiger partial charge in [0.05, 0.1) is 19.3 Å². The smallest absolute Gasteiger partial charge is 0.0662 e. The lowest BCUT2D eigenvalue weighted by Crippen LogP contribution is -2.34. The van der Waals surface area contributed by atoms with Gasteiger partial charge in [-0.2, -0.15) is 0 Å². The predicted molar refractivity (Wildman–Crippen MR) is 90.3 cm³/mol. The Morgan fingerprint density at radius 2 is 1.62 bits per heavy atom. The maximum atomic E-state index is 5.63. The van der Waals surface area contributed by atoms with Crippen LogP contribution in [0, 0.1) is 0 Å². The molecule has 0 unspecified atom stereocenters.